The molecule has 0 fully saturated rings. The standard InChI is InChI=1S/C15H21ClN4/c1-2-10-20-15(13(16)11-18-20)14(19-17)9-8-12-6-4-3-5-7-12/h3-7,11,14,19H,2,8-10,17H2,1H3. The molecule has 4 nitrogen and oxygen atoms in total. The number of aryl methyl sites for hydroxylation is 2. The molecule has 20 heavy (non-hydrogen) atoms. The molecule has 5 heteroatoms. The molecule has 0 radical (unpaired) electrons. The van der Waals surface area contributed by atoms with Gasteiger partial charge in [0.25, 0.3) is 0 Å². The predicted molar refractivity (Wildman–Crippen MR) is 82.4 cm³/mol. The molecule has 0 amide bonds. The summed E-state index contributed by atoms with van der Waals surface area (Å²) < 4.78 is 1.94. The summed E-state index contributed by atoms with van der Waals surface area (Å²) in [6.07, 6.45) is 4.54. The lowest BCUT2D eigenvalue weighted by molar-refractivity contribution is 0.458. The first-order valence-corrected chi connectivity index (χ1v) is 7.35. The number of aromatic nitrogens is 2. The molecule has 0 saturated carbocycles. The first kappa shape index (κ1) is 15.0. The quantitative estimate of drug-likeness (QED) is 0.609. The Balaban J connectivity index is 2.10. The molecule has 0 bridgehead atoms. The number of nitrogens with one attached hydrogen (secondary N) is 1. The van der Waals surface area contributed by atoms with Gasteiger partial charge in [0.05, 0.1) is 23.0 Å². The third kappa shape index (κ3) is 3.60. The molecule has 1 aromatic carbocycles. The minimum Gasteiger partial charge on any atom is -0.271 e. The average molecular weight is 293 g/mol. The van der Waals surface area contributed by atoms with Crippen molar-refractivity contribution < 1.29 is 0 Å². The van der Waals surface area contributed by atoms with E-state index in [1.54, 1.807) is 6.20 Å². The minimum absolute atomic E-state index is 0.0109. The van der Waals surface area contributed by atoms with Crippen LogP contribution in [0.5, 0.6) is 0 Å². The molecular formula is C15H21ClN4. The SMILES string of the molecule is CCCn1ncc(Cl)c1C(CCc1ccccc1)NN. The van der Waals surface area contributed by atoms with Crippen LogP contribution in [0.25, 0.3) is 0 Å². The Morgan fingerprint density at radius 2 is 2.10 bits per heavy atom. The Morgan fingerprint density at radius 1 is 1.35 bits per heavy atom. The zero-order valence-corrected chi connectivity index (χ0v) is 12.5. The molecule has 3 N–H and O–H groups in total. The summed E-state index contributed by atoms with van der Waals surface area (Å²) in [7, 11) is 0. The highest BCUT2D eigenvalue weighted by molar-refractivity contribution is 6.31. The Kier molecular flexibility index (Phi) is 5.59. The van der Waals surface area contributed by atoms with Crippen molar-refractivity contribution >= 4 is 11.6 Å². The van der Waals surface area contributed by atoms with Crippen molar-refractivity contribution in [2.45, 2.75) is 38.8 Å². The van der Waals surface area contributed by atoms with Gasteiger partial charge in [-0.05, 0) is 24.8 Å². The summed E-state index contributed by atoms with van der Waals surface area (Å²) in [6.45, 7) is 2.97. The fraction of sp³-hybridized carbons (Fsp3) is 0.400. The van der Waals surface area contributed by atoms with Crippen molar-refractivity contribution in [3.05, 3.63) is 52.8 Å². The summed E-state index contributed by atoms with van der Waals surface area (Å²) in [5, 5.41) is 4.99. The maximum absolute atomic E-state index is 6.26. The Morgan fingerprint density at radius 3 is 2.75 bits per heavy atom. The summed E-state index contributed by atoms with van der Waals surface area (Å²) >= 11 is 6.26. The smallest absolute Gasteiger partial charge is 0.0834 e. The molecule has 108 valence electrons. The van der Waals surface area contributed by atoms with Crippen molar-refractivity contribution in [2.75, 3.05) is 0 Å². The Labute approximate surface area is 124 Å². The van der Waals surface area contributed by atoms with Crippen LogP contribution in [-0.2, 0) is 13.0 Å². The number of nitrogens with zero attached hydrogens (tertiary/aromatic N) is 2. The molecule has 0 aliphatic heterocycles. The summed E-state index contributed by atoms with van der Waals surface area (Å²) in [5.41, 5.74) is 5.14. The number of nitrogens with two attached hydrogens (primary N) is 1. The Bertz CT molecular complexity index is 524. The number of rotatable bonds is 7. The topological polar surface area (TPSA) is 55.9 Å². The van der Waals surface area contributed by atoms with E-state index in [-0.39, 0.29) is 6.04 Å². The second kappa shape index (κ2) is 7.43. The van der Waals surface area contributed by atoms with E-state index in [1.165, 1.54) is 5.56 Å². The summed E-state index contributed by atoms with van der Waals surface area (Å²) in [5.74, 6) is 5.71. The van der Waals surface area contributed by atoms with E-state index in [4.69, 9.17) is 17.4 Å². The Hall–Kier alpha value is -1.36. The van der Waals surface area contributed by atoms with Gasteiger partial charge in [0.1, 0.15) is 0 Å². The van der Waals surface area contributed by atoms with E-state index < -0.39 is 0 Å². The van der Waals surface area contributed by atoms with Crippen LogP contribution in [0.1, 0.15) is 37.1 Å². The van der Waals surface area contributed by atoms with Crippen LogP contribution in [0.3, 0.4) is 0 Å². The second-order valence-electron chi connectivity index (χ2n) is 4.84. The first-order valence-electron chi connectivity index (χ1n) is 6.97. The number of hydrogen-bond acceptors (Lipinski definition) is 3. The predicted octanol–water partition coefficient (Wildman–Crippen LogP) is 3.08. The molecule has 0 saturated heterocycles. The molecule has 0 aliphatic carbocycles. The highest BCUT2D eigenvalue weighted by atomic mass is 35.5. The number of halogens is 1. The van der Waals surface area contributed by atoms with Gasteiger partial charge in [-0.15, -0.1) is 0 Å². The van der Waals surface area contributed by atoms with Crippen molar-refractivity contribution in [1.29, 1.82) is 0 Å². The van der Waals surface area contributed by atoms with Crippen molar-refractivity contribution in [3.63, 3.8) is 0 Å². The fourth-order valence-corrected chi connectivity index (χ4v) is 2.64. The highest BCUT2D eigenvalue weighted by Gasteiger charge is 2.19. The molecule has 1 heterocycles. The van der Waals surface area contributed by atoms with Crippen LogP contribution in [-0.4, -0.2) is 9.78 Å². The minimum atomic E-state index is 0.0109. The molecule has 1 aromatic heterocycles. The second-order valence-corrected chi connectivity index (χ2v) is 5.25. The van der Waals surface area contributed by atoms with Gasteiger partial charge in [0, 0.05) is 6.54 Å². The lowest BCUT2D eigenvalue weighted by Crippen LogP contribution is -2.30. The van der Waals surface area contributed by atoms with Gasteiger partial charge >= 0.3 is 0 Å². The van der Waals surface area contributed by atoms with Crippen LogP contribution in [0, 0.1) is 0 Å². The molecular weight excluding hydrogens is 272 g/mol. The van der Waals surface area contributed by atoms with Crippen molar-refractivity contribution in [2.24, 2.45) is 5.84 Å². The van der Waals surface area contributed by atoms with Crippen LogP contribution in [0.4, 0.5) is 0 Å². The molecule has 2 aromatic rings. The van der Waals surface area contributed by atoms with E-state index in [0.29, 0.717) is 5.02 Å². The van der Waals surface area contributed by atoms with Crippen LogP contribution < -0.4 is 11.3 Å². The molecule has 0 spiro atoms. The highest BCUT2D eigenvalue weighted by Crippen LogP contribution is 2.26. The number of hydrazine groups is 1. The zero-order valence-electron chi connectivity index (χ0n) is 11.7. The maximum Gasteiger partial charge on any atom is 0.0834 e. The van der Waals surface area contributed by atoms with Gasteiger partial charge in [0.15, 0.2) is 0 Å². The van der Waals surface area contributed by atoms with Gasteiger partial charge in [-0.2, -0.15) is 5.10 Å². The van der Waals surface area contributed by atoms with E-state index in [2.05, 4.69) is 41.7 Å². The number of hydrogen-bond donors (Lipinski definition) is 2. The average Bonchev–Trinajstić information content (AvgIpc) is 2.83. The van der Waals surface area contributed by atoms with E-state index in [9.17, 15) is 0 Å². The van der Waals surface area contributed by atoms with Gasteiger partial charge < -0.3 is 0 Å². The molecule has 0 aliphatic rings. The van der Waals surface area contributed by atoms with Crippen LogP contribution in [0.15, 0.2) is 36.5 Å². The van der Waals surface area contributed by atoms with Gasteiger partial charge in [-0.3, -0.25) is 16.0 Å². The van der Waals surface area contributed by atoms with E-state index in [1.807, 2.05) is 10.7 Å². The lowest BCUT2D eigenvalue weighted by atomic mass is 10.0. The third-order valence-corrected chi connectivity index (χ3v) is 3.66. The van der Waals surface area contributed by atoms with Crippen molar-refractivity contribution in [1.82, 2.24) is 15.2 Å². The lowest BCUT2D eigenvalue weighted by Gasteiger charge is -2.18. The molecule has 2 rings (SSSR count). The van der Waals surface area contributed by atoms with Gasteiger partial charge in [-0.1, -0.05) is 48.9 Å². The third-order valence-electron chi connectivity index (χ3n) is 3.36. The molecule has 1 unspecified atom stereocenters. The largest absolute Gasteiger partial charge is 0.271 e. The number of benzene rings is 1. The zero-order chi connectivity index (χ0) is 14.4. The van der Waals surface area contributed by atoms with Gasteiger partial charge in [-0.25, -0.2) is 0 Å². The van der Waals surface area contributed by atoms with Crippen LogP contribution >= 0.6 is 11.6 Å². The maximum atomic E-state index is 6.26. The normalized spacial score (nSPS) is 12.6. The van der Waals surface area contributed by atoms with E-state index >= 15 is 0 Å². The molecule has 1 atom stereocenters. The summed E-state index contributed by atoms with van der Waals surface area (Å²) in [4.78, 5) is 0. The van der Waals surface area contributed by atoms with Crippen LogP contribution in [0.2, 0.25) is 5.02 Å². The van der Waals surface area contributed by atoms with E-state index in [0.717, 1.165) is 31.5 Å². The monoisotopic (exact) mass is 292 g/mol. The van der Waals surface area contributed by atoms with Gasteiger partial charge in [0.2, 0.25) is 0 Å². The fourth-order valence-electron chi connectivity index (χ4n) is 2.36. The first-order chi connectivity index (χ1) is 9.76. The van der Waals surface area contributed by atoms with Crippen molar-refractivity contribution in [3.8, 4) is 0 Å². The summed E-state index contributed by atoms with van der Waals surface area (Å²) in [6, 6.07) is 10.4.